The number of nitrogens with one attached hydrogen (secondary N) is 2. The molecule has 226 valence electrons. The number of imidazole rings is 1. The Morgan fingerprint density at radius 2 is 2.00 bits per heavy atom. The lowest BCUT2D eigenvalue weighted by Gasteiger charge is -2.35. The molecule has 2 atom stereocenters. The van der Waals surface area contributed by atoms with Crippen LogP contribution in [-0.4, -0.2) is 94.6 Å². The first-order valence-corrected chi connectivity index (χ1v) is 14.1. The monoisotopic (exact) mass is 589 g/mol. The van der Waals surface area contributed by atoms with E-state index in [1.807, 2.05) is 36.4 Å². The summed E-state index contributed by atoms with van der Waals surface area (Å²) in [6.45, 7) is 3.54. The highest BCUT2D eigenvalue weighted by Gasteiger charge is 2.35. The number of aromatic nitrogens is 3. The molecule has 12 heteroatoms. The smallest absolute Gasteiger partial charge is 0.254 e. The molecule has 2 amide bonds. The number of piperidine rings is 1. The molecule has 0 aliphatic carbocycles. The van der Waals surface area contributed by atoms with Gasteiger partial charge in [-0.3, -0.25) is 14.0 Å². The fraction of sp³-hybridized carbons (Fsp3) is 0.355. The predicted octanol–water partition coefficient (Wildman–Crippen LogP) is 3.10. The summed E-state index contributed by atoms with van der Waals surface area (Å²) in [4.78, 5) is 38.4. The molecule has 0 bridgehead atoms. The van der Waals surface area contributed by atoms with Crippen molar-refractivity contribution in [1.29, 1.82) is 0 Å². The van der Waals surface area contributed by atoms with Crippen LogP contribution < -0.4 is 15.4 Å². The van der Waals surface area contributed by atoms with Crippen LogP contribution in [0.15, 0.2) is 55.0 Å². The number of aliphatic hydroxyl groups excluding tert-OH is 1. The minimum Gasteiger partial charge on any atom is -0.494 e. The van der Waals surface area contributed by atoms with Gasteiger partial charge in [-0.1, -0.05) is 0 Å². The van der Waals surface area contributed by atoms with E-state index in [9.17, 15) is 19.1 Å². The van der Waals surface area contributed by atoms with Gasteiger partial charge in [0.2, 0.25) is 5.91 Å². The van der Waals surface area contributed by atoms with Crippen LogP contribution in [0.3, 0.4) is 0 Å². The molecule has 1 aliphatic heterocycles. The molecular formula is C31H36FN7O4. The van der Waals surface area contributed by atoms with Crippen LogP contribution in [0, 0.1) is 18.7 Å². The fourth-order valence-corrected chi connectivity index (χ4v) is 5.29. The molecule has 1 saturated heterocycles. The minimum absolute atomic E-state index is 0.0935. The standard InChI is InChI=1S/C31H36FN7O4/c1-19-15-21(6-7-22(19)31(42)38-12-9-23(26(40)18-38)30(41)34-10-13-37(2)3)36-28-29-35-17-25(39(29)14-11-33-28)20-5-8-27(43-4)24(32)16-20/h5-8,11,14-17,23,26,40H,9-10,12-13,18H2,1-4H3,(H,33,36)(H,34,41)/t23-,26-/m1/s1. The third-order valence-electron chi connectivity index (χ3n) is 7.66. The number of aryl methyl sites for hydroxylation is 1. The van der Waals surface area contributed by atoms with Crippen LogP contribution in [0.4, 0.5) is 15.9 Å². The van der Waals surface area contributed by atoms with Gasteiger partial charge in [0.05, 0.1) is 31.0 Å². The van der Waals surface area contributed by atoms with E-state index in [1.165, 1.54) is 13.2 Å². The highest BCUT2D eigenvalue weighted by molar-refractivity contribution is 5.96. The first-order chi connectivity index (χ1) is 20.7. The molecule has 2 aromatic heterocycles. The molecule has 2 aromatic carbocycles. The van der Waals surface area contributed by atoms with Crippen LogP contribution in [0.5, 0.6) is 5.75 Å². The number of halogens is 1. The van der Waals surface area contributed by atoms with Gasteiger partial charge in [-0.15, -0.1) is 0 Å². The summed E-state index contributed by atoms with van der Waals surface area (Å²) in [5.74, 6) is -0.723. The van der Waals surface area contributed by atoms with Crippen molar-refractivity contribution in [2.45, 2.75) is 19.4 Å². The Labute approximate surface area is 249 Å². The number of hydrogen-bond acceptors (Lipinski definition) is 8. The number of rotatable bonds is 9. The average molecular weight is 590 g/mol. The zero-order valence-corrected chi connectivity index (χ0v) is 24.7. The summed E-state index contributed by atoms with van der Waals surface area (Å²) in [6.07, 6.45) is 4.50. The van der Waals surface area contributed by atoms with Crippen molar-refractivity contribution >= 4 is 29.0 Å². The number of amides is 2. The number of likely N-dealkylation sites (tertiary alicyclic amines) is 1. The van der Waals surface area contributed by atoms with Gasteiger partial charge in [0.25, 0.3) is 5.91 Å². The van der Waals surface area contributed by atoms with E-state index in [4.69, 9.17) is 4.74 Å². The summed E-state index contributed by atoms with van der Waals surface area (Å²) in [5, 5.41) is 16.8. The van der Waals surface area contributed by atoms with Gasteiger partial charge in [0.1, 0.15) is 0 Å². The van der Waals surface area contributed by atoms with Gasteiger partial charge in [-0.2, -0.15) is 0 Å². The summed E-state index contributed by atoms with van der Waals surface area (Å²) in [6, 6.07) is 10.1. The second-order valence-electron chi connectivity index (χ2n) is 10.9. The first kappa shape index (κ1) is 29.9. The number of anilines is 2. The number of methoxy groups -OCH3 is 1. The molecule has 0 spiro atoms. The van der Waals surface area contributed by atoms with E-state index in [1.54, 1.807) is 47.8 Å². The van der Waals surface area contributed by atoms with E-state index >= 15 is 0 Å². The molecule has 11 nitrogen and oxygen atoms in total. The minimum atomic E-state index is -0.932. The second kappa shape index (κ2) is 12.8. The number of carbonyl (C=O) groups excluding carboxylic acids is 2. The van der Waals surface area contributed by atoms with Crippen LogP contribution >= 0.6 is 0 Å². The van der Waals surface area contributed by atoms with Gasteiger partial charge in [-0.25, -0.2) is 14.4 Å². The third kappa shape index (κ3) is 6.45. The van der Waals surface area contributed by atoms with Gasteiger partial charge in [0.15, 0.2) is 23.0 Å². The van der Waals surface area contributed by atoms with Crippen molar-refractivity contribution < 1.29 is 23.8 Å². The third-order valence-corrected chi connectivity index (χ3v) is 7.66. The maximum Gasteiger partial charge on any atom is 0.254 e. The molecular weight excluding hydrogens is 553 g/mol. The number of benzene rings is 2. The molecule has 0 unspecified atom stereocenters. The molecule has 0 saturated carbocycles. The van der Waals surface area contributed by atoms with E-state index in [2.05, 4.69) is 20.6 Å². The molecule has 0 radical (unpaired) electrons. The van der Waals surface area contributed by atoms with Gasteiger partial charge in [0, 0.05) is 55.4 Å². The van der Waals surface area contributed by atoms with E-state index in [0.29, 0.717) is 60.0 Å². The fourth-order valence-electron chi connectivity index (χ4n) is 5.29. The van der Waals surface area contributed by atoms with E-state index in [-0.39, 0.29) is 24.1 Å². The number of likely N-dealkylation sites (N-methyl/N-ethyl adjacent to an activating group) is 1. The molecule has 4 aromatic rings. The van der Waals surface area contributed by atoms with Crippen molar-refractivity contribution in [1.82, 2.24) is 29.5 Å². The van der Waals surface area contributed by atoms with E-state index < -0.39 is 17.8 Å². The van der Waals surface area contributed by atoms with Crippen molar-refractivity contribution in [2.24, 2.45) is 5.92 Å². The molecule has 43 heavy (non-hydrogen) atoms. The topological polar surface area (TPSA) is 124 Å². The lowest BCUT2D eigenvalue weighted by Crippen LogP contribution is -2.51. The average Bonchev–Trinajstić information content (AvgIpc) is 3.42. The zero-order valence-electron chi connectivity index (χ0n) is 24.7. The van der Waals surface area contributed by atoms with Crippen LogP contribution in [-0.2, 0) is 4.79 Å². The van der Waals surface area contributed by atoms with Crippen molar-refractivity contribution in [3.63, 3.8) is 0 Å². The van der Waals surface area contributed by atoms with Crippen LogP contribution in [0.2, 0.25) is 0 Å². The van der Waals surface area contributed by atoms with Crippen LogP contribution in [0.25, 0.3) is 16.9 Å². The maximum atomic E-state index is 14.4. The van der Waals surface area contributed by atoms with Gasteiger partial charge < -0.3 is 30.3 Å². The van der Waals surface area contributed by atoms with E-state index in [0.717, 1.165) is 5.56 Å². The Morgan fingerprint density at radius 3 is 2.70 bits per heavy atom. The van der Waals surface area contributed by atoms with Crippen molar-refractivity contribution in [3.8, 4) is 17.0 Å². The first-order valence-electron chi connectivity index (χ1n) is 14.1. The lowest BCUT2D eigenvalue weighted by atomic mass is 9.92. The number of nitrogens with zero attached hydrogens (tertiary/aromatic N) is 5. The number of ether oxygens (including phenoxy) is 1. The number of hydrogen-bond donors (Lipinski definition) is 3. The Bertz CT molecular complexity index is 1640. The largest absolute Gasteiger partial charge is 0.494 e. The predicted molar refractivity (Wildman–Crippen MR) is 161 cm³/mol. The maximum absolute atomic E-state index is 14.4. The zero-order chi connectivity index (χ0) is 30.7. The molecule has 3 heterocycles. The number of aliphatic hydroxyl groups is 1. The van der Waals surface area contributed by atoms with Crippen LogP contribution in [0.1, 0.15) is 22.3 Å². The number of β-amino-alcohol motifs (C(OH)–C–C–N with tert-alkyl or cyclic N) is 1. The quantitative estimate of drug-likeness (QED) is 0.272. The Kier molecular flexibility index (Phi) is 8.88. The Balaban J connectivity index is 1.27. The summed E-state index contributed by atoms with van der Waals surface area (Å²) in [7, 11) is 5.27. The summed E-state index contributed by atoms with van der Waals surface area (Å²) >= 11 is 0. The number of fused-ring (bicyclic) bond motifs is 1. The number of carbonyl (C=O) groups is 2. The molecule has 5 rings (SSSR count). The molecule has 1 fully saturated rings. The lowest BCUT2D eigenvalue weighted by molar-refractivity contribution is -0.131. The highest BCUT2D eigenvalue weighted by atomic mass is 19.1. The second-order valence-corrected chi connectivity index (χ2v) is 10.9. The summed E-state index contributed by atoms with van der Waals surface area (Å²) < 4.78 is 21.2. The van der Waals surface area contributed by atoms with Gasteiger partial charge >= 0.3 is 0 Å². The molecule has 1 aliphatic rings. The normalized spacial score (nSPS) is 16.9. The Hall–Kier alpha value is -4.55. The van der Waals surface area contributed by atoms with Crippen molar-refractivity contribution in [3.05, 3.63) is 71.9 Å². The molecule has 3 N–H and O–H groups in total. The SMILES string of the molecule is COc1ccc(-c2cnc3c(Nc4ccc(C(=O)N5CC[C@@H](C(=O)NCCN(C)C)[C@H](O)C5)c(C)c4)nccn23)cc1F. The highest BCUT2D eigenvalue weighted by Crippen LogP contribution is 2.29. The Morgan fingerprint density at radius 1 is 1.19 bits per heavy atom. The van der Waals surface area contributed by atoms with Crippen molar-refractivity contribution in [2.75, 3.05) is 52.7 Å². The van der Waals surface area contributed by atoms with Gasteiger partial charge in [-0.05, 0) is 69.4 Å². The summed E-state index contributed by atoms with van der Waals surface area (Å²) in [5.41, 5.74) is 3.86.